The van der Waals surface area contributed by atoms with Crippen LogP contribution in [0.15, 0.2) is 12.3 Å². The molecule has 0 amide bonds. The molecule has 3 nitrogen and oxygen atoms in total. The molecular formula is C12H20N2O. The maximum Gasteiger partial charge on any atom is 0.0750 e. The maximum absolute atomic E-state index is 9.20. The van der Waals surface area contributed by atoms with Gasteiger partial charge in [0, 0.05) is 24.2 Å². The second-order valence-electron chi connectivity index (χ2n) is 4.96. The lowest BCUT2D eigenvalue weighted by Crippen LogP contribution is -2.13. The van der Waals surface area contributed by atoms with Crippen molar-refractivity contribution in [2.45, 2.75) is 39.2 Å². The van der Waals surface area contributed by atoms with Gasteiger partial charge >= 0.3 is 0 Å². The third-order valence-electron chi connectivity index (χ3n) is 2.12. The van der Waals surface area contributed by atoms with Gasteiger partial charge in [0.1, 0.15) is 0 Å². The molecule has 0 aromatic carbocycles. The summed E-state index contributed by atoms with van der Waals surface area (Å²) < 4.78 is 1.81. The van der Waals surface area contributed by atoms with E-state index in [1.54, 1.807) is 13.0 Å². The Morgan fingerprint density at radius 3 is 2.53 bits per heavy atom. The fourth-order valence-electron chi connectivity index (χ4n) is 1.45. The van der Waals surface area contributed by atoms with Crippen molar-refractivity contribution in [3.05, 3.63) is 23.5 Å². The lowest BCUT2D eigenvalue weighted by molar-refractivity contribution is 0.245. The van der Waals surface area contributed by atoms with Gasteiger partial charge in [-0.15, -0.1) is 0 Å². The topological polar surface area (TPSA) is 38.0 Å². The minimum absolute atomic E-state index is 0.0274. The molecule has 1 heterocycles. The average Bonchev–Trinajstić information content (AvgIpc) is 2.42. The van der Waals surface area contributed by atoms with E-state index in [0.717, 1.165) is 11.3 Å². The zero-order chi connectivity index (χ0) is 11.6. The molecule has 1 atom stereocenters. The summed E-state index contributed by atoms with van der Waals surface area (Å²) in [6, 6.07) is 0. The molecule has 0 saturated heterocycles. The molecule has 1 aromatic heterocycles. The smallest absolute Gasteiger partial charge is 0.0750 e. The molecule has 0 aliphatic heterocycles. The van der Waals surface area contributed by atoms with E-state index in [4.69, 9.17) is 0 Å². The minimum atomic E-state index is -0.418. The van der Waals surface area contributed by atoms with Gasteiger partial charge in [-0.3, -0.25) is 4.68 Å². The second-order valence-corrected chi connectivity index (χ2v) is 4.96. The van der Waals surface area contributed by atoms with Crippen molar-refractivity contribution in [1.29, 1.82) is 0 Å². The van der Waals surface area contributed by atoms with E-state index < -0.39 is 6.10 Å². The predicted molar refractivity (Wildman–Crippen MR) is 62.6 cm³/mol. The Hall–Kier alpha value is -1.09. The first kappa shape index (κ1) is 12.0. The summed E-state index contributed by atoms with van der Waals surface area (Å²) in [5.41, 5.74) is 2.16. The van der Waals surface area contributed by atoms with E-state index in [2.05, 4.69) is 25.9 Å². The quantitative estimate of drug-likeness (QED) is 0.808. The monoisotopic (exact) mass is 208 g/mol. The van der Waals surface area contributed by atoms with Crippen molar-refractivity contribution >= 4 is 6.08 Å². The maximum atomic E-state index is 9.20. The number of rotatable bonds is 2. The predicted octanol–water partition coefficient (Wildman–Crippen LogP) is 2.11. The summed E-state index contributed by atoms with van der Waals surface area (Å²) >= 11 is 0. The number of nitrogens with zero attached hydrogens (tertiary/aromatic N) is 2. The summed E-state index contributed by atoms with van der Waals surface area (Å²) in [5, 5.41) is 13.6. The molecule has 1 N–H and O–H groups in total. The van der Waals surface area contributed by atoms with E-state index >= 15 is 0 Å². The van der Waals surface area contributed by atoms with Gasteiger partial charge in [0.15, 0.2) is 0 Å². The summed E-state index contributed by atoms with van der Waals surface area (Å²) in [6.45, 7) is 8.14. The fraction of sp³-hybridized carbons (Fsp3) is 0.583. The third-order valence-corrected chi connectivity index (χ3v) is 2.12. The highest BCUT2D eigenvalue weighted by atomic mass is 16.3. The Labute approximate surface area is 91.4 Å². The summed E-state index contributed by atoms with van der Waals surface area (Å²) in [6.07, 6.45) is 5.25. The van der Waals surface area contributed by atoms with Crippen LogP contribution in [0.25, 0.3) is 6.08 Å². The first-order chi connectivity index (χ1) is 6.80. The molecule has 0 fully saturated rings. The molecular weight excluding hydrogens is 188 g/mol. The molecule has 0 saturated carbocycles. The van der Waals surface area contributed by atoms with E-state index in [9.17, 15) is 5.11 Å². The van der Waals surface area contributed by atoms with Gasteiger partial charge in [0.05, 0.1) is 11.8 Å². The van der Waals surface area contributed by atoms with Crippen molar-refractivity contribution < 1.29 is 5.11 Å². The van der Waals surface area contributed by atoms with Crippen LogP contribution in [-0.4, -0.2) is 21.0 Å². The molecule has 0 bridgehead atoms. The van der Waals surface area contributed by atoms with Gasteiger partial charge in [0.25, 0.3) is 0 Å². The largest absolute Gasteiger partial charge is 0.389 e. The van der Waals surface area contributed by atoms with E-state index in [1.807, 2.05) is 24.0 Å². The second kappa shape index (κ2) is 4.19. The molecule has 1 rings (SSSR count). The number of hydrogen-bond donors (Lipinski definition) is 1. The number of aromatic nitrogens is 2. The molecule has 84 valence electrons. The molecule has 0 aliphatic carbocycles. The van der Waals surface area contributed by atoms with E-state index in [-0.39, 0.29) is 5.41 Å². The van der Waals surface area contributed by atoms with Crippen LogP contribution in [0.1, 0.15) is 39.0 Å². The normalized spacial score (nSPS) is 14.8. The van der Waals surface area contributed by atoms with Crippen molar-refractivity contribution in [1.82, 2.24) is 9.78 Å². The SMILES string of the molecule is CC(O)/C=C/c1cn(C)nc1C(C)(C)C. The molecule has 0 spiro atoms. The van der Waals surface area contributed by atoms with Crippen LogP contribution in [0.3, 0.4) is 0 Å². The van der Waals surface area contributed by atoms with Crippen LogP contribution < -0.4 is 0 Å². The molecule has 1 unspecified atom stereocenters. The standard InChI is InChI=1S/C12H20N2O/c1-9(15)6-7-10-8-14(5)13-11(10)12(2,3)4/h6-9,15H,1-5H3/b7-6+. The average molecular weight is 208 g/mol. The van der Waals surface area contributed by atoms with Gasteiger partial charge in [-0.25, -0.2) is 0 Å². The van der Waals surface area contributed by atoms with Crippen LogP contribution in [0, 0.1) is 0 Å². The van der Waals surface area contributed by atoms with Gasteiger partial charge in [0.2, 0.25) is 0 Å². The lowest BCUT2D eigenvalue weighted by Gasteiger charge is -2.16. The van der Waals surface area contributed by atoms with Crippen LogP contribution in [0.2, 0.25) is 0 Å². The minimum Gasteiger partial charge on any atom is -0.389 e. The summed E-state index contributed by atoms with van der Waals surface area (Å²) in [4.78, 5) is 0. The third kappa shape index (κ3) is 3.20. The Balaban J connectivity index is 3.07. The molecule has 3 heteroatoms. The molecule has 0 aliphatic rings. The Kier molecular flexibility index (Phi) is 3.35. The summed E-state index contributed by atoms with van der Waals surface area (Å²) in [5.74, 6) is 0. The van der Waals surface area contributed by atoms with Crippen LogP contribution in [0.4, 0.5) is 0 Å². The Morgan fingerprint density at radius 2 is 2.07 bits per heavy atom. The molecule has 15 heavy (non-hydrogen) atoms. The van der Waals surface area contributed by atoms with Gasteiger partial charge in [-0.05, 0) is 6.92 Å². The molecule has 0 radical (unpaired) electrons. The fourth-order valence-corrected chi connectivity index (χ4v) is 1.45. The molecule has 1 aromatic rings. The van der Waals surface area contributed by atoms with Crippen LogP contribution >= 0.6 is 0 Å². The van der Waals surface area contributed by atoms with Gasteiger partial charge < -0.3 is 5.11 Å². The highest BCUT2D eigenvalue weighted by Gasteiger charge is 2.20. The van der Waals surface area contributed by atoms with Crippen molar-refractivity contribution in [3.63, 3.8) is 0 Å². The number of aliphatic hydroxyl groups excluding tert-OH is 1. The first-order valence-corrected chi connectivity index (χ1v) is 5.21. The number of aliphatic hydroxyl groups is 1. The highest BCUT2D eigenvalue weighted by Crippen LogP contribution is 2.24. The zero-order valence-corrected chi connectivity index (χ0v) is 10.2. The van der Waals surface area contributed by atoms with Crippen LogP contribution in [0.5, 0.6) is 0 Å². The van der Waals surface area contributed by atoms with Gasteiger partial charge in [-0.2, -0.15) is 5.10 Å². The Bertz CT molecular complexity index is 356. The van der Waals surface area contributed by atoms with Crippen molar-refractivity contribution in [3.8, 4) is 0 Å². The number of aryl methyl sites for hydroxylation is 1. The lowest BCUT2D eigenvalue weighted by atomic mass is 9.89. The first-order valence-electron chi connectivity index (χ1n) is 5.21. The van der Waals surface area contributed by atoms with Gasteiger partial charge in [-0.1, -0.05) is 32.9 Å². The number of hydrogen-bond acceptors (Lipinski definition) is 2. The van der Waals surface area contributed by atoms with Crippen LogP contribution in [-0.2, 0) is 12.5 Å². The zero-order valence-electron chi connectivity index (χ0n) is 10.2. The highest BCUT2D eigenvalue weighted by molar-refractivity contribution is 5.53. The van der Waals surface area contributed by atoms with Crippen molar-refractivity contribution in [2.75, 3.05) is 0 Å². The van der Waals surface area contributed by atoms with E-state index in [0.29, 0.717) is 0 Å². The Morgan fingerprint density at radius 1 is 1.47 bits per heavy atom. The summed E-state index contributed by atoms with van der Waals surface area (Å²) in [7, 11) is 1.91. The van der Waals surface area contributed by atoms with E-state index in [1.165, 1.54) is 0 Å². The van der Waals surface area contributed by atoms with Crippen molar-refractivity contribution in [2.24, 2.45) is 7.05 Å².